The molecule has 0 unspecified atom stereocenters. The molecule has 1 aliphatic heterocycles. The molecule has 2 amide bonds. The fraction of sp³-hybridized carbons (Fsp3) is 0.167. The lowest BCUT2D eigenvalue weighted by molar-refractivity contribution is 0.210. The average molecular weight is 438 g/mol. The third-order valence-corrected chi connectivity index (χ3v) is 6.02. The molecule has 0 radical (unpaired) electrons. The van der Waals surface area contributed by atoms with Crippen molar-refractivity contribution in [3.05, 3.63) is 108 Å². The minimum atomic E-state index is -4.05. The molecule has 1 N–H and O–H groups in total. The number of urea groups is 1. The van der Waals surface area contributed by atoms with Gasteiger partial charge in [0.25, 0.3) is 10.0 Å². The first-order valence-corrected chi connectivity index (χ1v) is 11.2. The number of carbonyl (C=O) groups is 1. The zero-order valence-corrected chi connectivity index (χ0v) is 18.5. The normalized spacial score (nSPS) is 17.8. The summed E-state index contributed by atoms with van der Waals surface area (Å²) in [4.78, 5) is 12.8. The van der Waals surface area contributed by atoms with Gasteiger partial charge in [-0.15, -0.1) is 0 Å². The lowest BCUT2D eigenvalue weighted by Gasteiger charge is -2.16. The number of benzene rings is 1. The summed E-state index contributed by atoms with van der Waals surface area (Å²) in [6, 6.07) is 8.85. The largest absolute Gasteiger partial charge is 0.351 e. The fourth-order valence-corrected chi connectivity index (χ4v) is 4.09. The number of hydrazone groups is 1. The topological polar surface area (TPSA) is 78.8 Å². The standard InChI is InChI=1S/C24H27N3O3S/c1-5-9-14-19(7-3)23-22(20-15-12-11-13-16-20)18-27(25-23)24(28)26-31(29,30)21(8-4)17-10-6-2/h5-17,22H,1-2,18H2,3-4H3,(H,26,28)/b14-9-,17-10-,19-7+,21-8+/t22-/m1/s1. The number of carbonyl (C=O) groups excluding carboxylic acids is 1. The summed E-state index contributed by atoms with van der Waals surface area (Å²) < 4.78 is 27.3. The Morgan fingerprint density at radius 2 is 1.74 bits per heavy atom. The molecule has 6 nitrogen and oxygen atoms in total. The molecule has 1 aromatic rings. The van der Waals surface area contributed by atoms with Crippen molar-refractivity contribution in [3.63, 3.8) is 0 Å². The molecule has 0 bridgehead atoms. The highest BCUT2D eigenvalue weighted by molar-refractivity contribution is 7.94. The van der Waals surface area contributed by atoms with Crippen molar-refractivity contribution < 1.29 is 13.2 Å². The van der Waals surface area contributed by atoms with Crippen LogP contribution in [0.2, 0.25) is 0 Å². The maximum Gasteiger partial charge on any atom is 0.351 e. The van der Waals surface area contributed by atoms with Gasteiger partial charge in [-0.05, 0) is 31.1 Å². The number of allylic oxidation sites excluding steroid dienone is 9. The molecule has 0 fully saturated rings. The van der Waals surface area contributed by atoms with Gasteiger partial charge in [0, 0.05) is 5.92 Å². The van der Waals surface area contributed by atoms with Crippen molar-refractivity contribution in [2.45, 2.75) is 19.8 Å². The van der Waals surface area contributed by atoms with E-state index in [1.54, 1.807) is 19.1 Å². The van der Waals surface area contributed by atoms with Crippen LogP contribution in [0.1, 0.15) is 25.3 Å². The lowest BCUT2D eigenvalue weighted by Crippen LogP contribution is -2.40. The van der Waals surface area contributed by atoms with Gasteiger partial charge in [0.15, 0.2) is 0 Å². The van der Waals surface area contributed by atoms with Crippen molar-refractivity contribution in [1.29, 1.82) is 0 Å². The van der Waals surface area contributed by atoms with E-state index in [2.05, 4.69) is 23.0 Å². The highest BCUT2D eigenvalue weighted by Crippen LogP contribution is 2.29. The van der Waals surface area contributed by atoms with Gasteiger partial charge in [-0.1, -0.05) is 86.0 Å². The van der Waals surface area contributed by atoms with Crippen LogP contribution in [0.4, 0.5) is 4.79 Å². The van der Waals surface area contributed by atoms with Crippen LogP contribution >= 0.6 is 0 Å². The van der Waals surface area contributed by atoms with E-state index in [0.717, 1.165) is 16.1 Å². The molecule has 1 heterocycles. The molecular weight excluding hydrogens is 410 g/mol. The van der Waals surface area contributed by atoms with Crippen molar-refractivity contribution >= 4 is 21.8 Å². The van der Waals surface area contributed by atoms with E-state index < -0.39 is 16.1 Å². The van der Waals surface area contributed by atoms with E-state index in [1.165, 1.54) is 24.3 Å². The Labute approximate surface area is 184 Å². The summed E-state index contributed by atoms with van der Waals surface area (Å²) in [7, 11) is -4.05. The molecule has 0 spiro atoms. The Hall–Kier alpha value is -3.45. The van der Waals surface area contributed by atoms with Crippen LogP contribution in [-0.4, -0.2) is 31.7 Å². The lowest BCUT2D eigenvalue weighted by atomic mass is 9.90. The summed E-state index contributed by atoms with van der Waals surface area (Å²) in [5.74, 6) is -0.197. The predicted octanol–water partition coefficient (Wildman–Crippen LogP) is 4.82. The van der Waals surface area contributed by atoms with Gasteiger partial charge < -0.3 is 0 Å². The van der Waals surface area contributed by atoms with Gasteiger partial charge >= 0.3 is 6.03 Å². The molecule has 31 heavy (non-hydrogen) atoms. The number of nitrogens with zero attached hydrogens (tertiary/aromatic N) is 2. The monoisotopic (exact) mass is 437 g/mol. The number of sulfonamides is 1. The van der Waals surface area contributed by atoms with Crippen molar-refractivity contribution in [1.82, 2.24) is 9.73 Å². The van der Waals surface area contributed by atoms with Crippen molar-refractivity contribution in [2.75, 3.05) is 6.54 Å². The van der Waals surface area contributed by atoms with E-state index in [4.69, 9.17) is 0 Å². The van der Waals surface area contributed by atoms with Crippen molar-refractivity contribution in [3.8, 4) is 0 Å². The predicted molar refractivity (Wildman–Crippen MR) is 127 cm³/mol. The van der Waals surface area contributed by atoms with Crippen LogP contribution in [0.25, 0.3) is 0 Å². The molecule has 1 atom stereocenters. The Morgan fingerprint density at radius 3 is 2.32 bits per heavy atom. The first-order chi connectivity index (χ1) is 14.9. The van der Waals surface area contributed by atoms with E-state index in [1.807, 2.05) is 49.4 Å². The molecule has 0 aromatic heterocycles. The first kappa shape index (κ1) is 23.8. The highest BCUT2D eigenvalue weighted by Gasteiger charge is 2.34. The Balaban J connectivity index is 2.37. The van der Waals surface area contributed by atoms with Crippen LogP contribution in [0, 0.1) is 0 Å². The summed E-state index contributed by atoms with van der Waals surface area (Å²) in [5, 5.41) is 5.62. The number of rotatable bonds is 8. The third-order valence-electron chi connectivity index (χ3n) is 4.58. The molecule has 0 saturated carbocycles. The molecule has 7 heteroatoms. The Morgan fingerprint density at radius 1 is 1.10 bits per heavy atom. The van der Waals surface area contributed by atoms with E-state index in [9.17, 15) is 13.2 Å². The average Bonchev–Trinajstić information content (AvgIpc) is 3.20. The van der Waals surface area contributed by atoms with Crippen LogP contribution in [-0.2, 0) is 10.0 Å². The fourth-order valence-electron chi connectivity index (χ4n) is 3.07. The van der Waals surface area contributed by atoms with Gasteiger partial charge in [0.1, 0.15) is 0 Å². The highest BCUT2D eigenvalue weighted by atomic mass is 32.2. The quantitative estimate of drug-likeness (QED) is 0.593. The van der Waals surface area contributed by atoms with Crippen molar-refractivity contribution in [2.24, 2.45) is 5.10 Å². The van der Waals surface area contributed by atoms with E-state index in [0.29, 0.717) is 5.71 Å². The van der Waals surface area contributed by atoms with Crippen LogP contribution in [0.15, 0.2) is 108 Å². The zero-order valence-electron chi connectivity index (χ0n) is 17.7. The van der Waals surface area contributed by atoms with Gasteiger partial charge in [-0.2, -0.15) is 5.10 Å². The maximum atomic E-state index is 12.8. The summed E-state index contributed by atoms with van der Waals surface area (Å²) in [6.07, 6.45) is 12.9. The minimum absolute atomic E-state index is 0.0354. The summed E-state index contributed by atoms with van der Waals surface area (Å²) >= 11 is 0. The summed E-state index contributed by atoms with van der Waals surface area (Å²) in [5.41, 5.74) is 2.49. The van der Waals surface area contributed by atoms with Gasteiger partial charge in [0.2, 0.25) is 0 Å². The zero-order chi connectivity index (χ0) is 22.9. The second-order valence-electron chi connectivity index (χ2n) is 6.57. The van der Waals surface area contributed by atoms with E-state index in [-0.39, 0.29) is 17.4 Å². The number of nitrogens with one attached hydrogen (secondary N) is 1. The van der Waals surface area contributed by atoms with E-state index >= 15 is 0 Å². The van der Waals surface area contributed by atoms with Gasteiger partial charge in [-0.3, -0.25) is 0 Å². The molecular formula is C24H27N3O3S. The maximum absolute atomic E-state index is 12.8. The molecule has 1 aromatic carbocycles. The SMILES string of the molecule is C=C/C=C\C(=C/C)C1=NN(C(=O)NS(=O)(=O)C(/C=C\C=C)=C/C)C[C@@H]1c1ccccc1. The minimum Gasteiger partial charge on any atom is -0.246 e. The van der Waals surface area contributed by atoms with Crippen LogP contribution in [0.5, 0.6) is 0 Å². The van der Waals surface area contributed by atoms with Gasteiger partial charge in [-0.25, -0.2) is 22.9 Å². The van der Waals surface area contributed by atoms with Crippen LogP contribution < -0.4 is 4.72 Å². The first-order valence-electron chi connectivity index (χ1n) is 9.76. The van der Waals surface area contributed by atoms with Crippen LogP contribution in [0.3, 0.4) is 0 Å². The molecule has 2 rings (SSSR count). The second-order valence-corrected chi connectivity index (χ2v) is 8.25. The number of amides is 2. The number of hydrogen-bond donors (Lipinski definition) is 1. The Bertz CT molecular complexity index is 1080. The molecule has 0 aliphatic carbocycles. The third kappa shape index (κ3) is 6.02. The smallest absolute Gasteiger partial charge is 0.246 e. The molecule has 0 saturated heterocycles. The summed E-state index contributed by atoms with van der Waals surface area (Å²) in [6.45, 7) is 10.9. The second kappa shape index (κ2) is 11.1. The van der Waals surface area contributed by atoms with Gasteiger partial charge in [0.05, 0.1) is 17.2 Å². The molecule has 1 aliphatic rings. The Kier molecular flexibility index (Phi) is 8.52. The number of hydrogen-bond acceptors (Lipinski definition) is 4. The molecule has 162 valence electrons.